The van der Waals surface area contributed by atoms with E-state index in [1.807, 2.05) is 32.6 Å². The van der Waals surface area contributed by atoms with Gasteiger partial charge in [0.25, 0.3) is 23.6 Å². The molecular weight excluding hydrogens is 1730 g/mol. The summed E-state index contributed by atoms with van der Waals surface area (Å²) in [7, 11) is 7.11. The van der Waals surface area contributed by atoms with Crippen molar-refractivity contribution in [3.05, 3.63) is 216 Å². The first-order valence-corrected chi connectivity index (χ1v) is 44.4. The van der Waals surface area contributed by atoms with Crippen LogP contribution in [0.1, 0.15) is 122 Å². The highest BCUT2D eigenvalue weighted by atomic mass is 19.3. The van der Waals surface area contributed by atoms with E-state index in [-0.39, 0.29) is 136 Å². The maximum atomic E-state index is 15.7. The number of aromatic nitrogens is 10. The van der Waals surface area contributed by atoms with Crippen LogP contribution in [0.4, 0.5) is 82.7 Å². The van der Waals surface area contributed by atoms with Crippen LogP contribution in [0.25, 0.3) is 22.5 Å². The molecule has 5 atom stereocenters. The summed E-state index contributed by atoms with van der Waals surface area (Å²) in [5.41, 5.74) is 7.43. The number of rotatable bonds is 26. The lowest BCUT2D eigenvalue weighted by molar-refractivity contribution is -0.126. The summed E-state index contributed by atoms with van der Waals surface area (Å²) in [5.74, 6) is -3.16. The van der Waals surface area contributed by atoms with E-state index in [9.17, 15) is 37.1 Å². The van der Waals surface area contributed by atoms with E-state index < -0.39 is 47.4 Å². The zero-order valence-electron chi connectivity index (χ0n) is 75.2. The fourth-order valence-electron chi connectivity index (χ4n) is 18.3. The van der Waals surface area contributed by atoms with Crippen molar-refractivity contribution < 1.29 is 64.2 Å². The number of aryl methyl sites for hydroxylation is 1. The lowest BCUT2D eigenvalue weighted by Gasteiger charge is -2.40. The molecule has 6 saturated heterocycles. The number of halogens is 7. The standard InChI is InChI=1S/C27H32F2N6O2.C26H34FN7O2.C21H23F3N6O.C19H22FN7O2/c1-4-16(2)35-15-19(6-5-17(35)3)32-26-24(29)20-14-30-27(36)23(20)25(33-26)31-18-7-8-22(21(28)13-18)34-9-11-37-12-10-34;1-4-18(2)33-7-5-6-20(17-33)31(3)25-23(27)21-15-28-26(35)22(21)24(30-25)19-14-29-34(16-19)9-8-32-10-12-36-13-11-32;1-4-12(2)29-7-5-6-14(11-29)28(3)19-17(22)15-9-25-20(31)16(15)18(27-19)13-8-26-30(10-13)21(23)24;1-4-14(28)26(3)12-5-6-27(10-12)18-16(20)13-8-21-19(29)15(13)17(24-18)23-11-7-22-25(2)9-11/h4,7-8,13,17,19H,1-2,5-6,9-12,14-15H2,3H3,(H,30,36)(H2,31,32,33);4,14,16,20H,1-2,5-13,15,17H2,3H3,(H,28,35);4,8,10,14,21H,1-2,5-7,9,11H2,3H3,(H,25,31);4,7,9,12H,1,5-6,8,10H2,2-3H3,(H,21,29)(H,23,24). The van der Waals surface area contributed by atoms with Gasteiger partial charge in [-0.2, -0.15) is 24.1 Å². The van der Waals surface area contributed by atoms with Crippen molar-refractivity contribution in [1.29, 1.82) is 0 Å². The number of hydrogen-bond donors (Lipinski definition) is 7. The summed E-state index contributed by atoms with van der Waals surface area (Å²) in [6.45, 7) is 38.6. The second-order valence-corrected chi connectivity index (χ2v) is 34.2. The topological polar surface area (TPSA) is 322 Å². The van der Waals surface area contributed by atoms with Gasteiger partial charge < -0.3 is 85.9 Å². The first-order valence-electron chi connectivity index (χ1n) is 44.4. The summed E-state index contributed by atoms with van der Waals surface area (Å²) in [5, 5.41) is 32.3. The Labute approximate surface area is 766 Å². The number of likely N-dealkylation sites (N-methyl/N-ethyl adjacent to an activating group) is 3. The quantitative estimate of drug-likeness (QED) is 0.0150. The van der Waals surface area contributed by atoms with Crippen LogP contribution < -0.4 is 56.8 Å². The van der Waals surface area contributed by atoms with Gasteiger partial charge in [-0.05, 0) is 94.4 Å². The molecule has 40 heteroatoms. The average Bonchev–Trinajstić information content (AvgIpc) is 1.66. The van der Waals surface area contributed by atoms with Gasteiger partial charge in [0, 0.05) is 232 Å². The Hall–Kier alpha value is -13.6. The number of nitrogens with one attached hydrogen (secondary N) is 7. The Balaban J connectivity index is 0.000000136. The lowest BCUT2D eigenvalue weighted by Crippen LogP contribution is -2.46. The number of allylic oxidation sites excluding steroid dienone is 3. The molecule has 5 amide bonds. The third kappa shape index (κ3) is 20.2. The highest BCUT2D eigenvalue weighted by molar-refractivity contribution is 6.06. The van der Waals surface area contributed by atoms with Crippen LogP contribution in [0.15, 0.2) is 143 Å². The summed E-state index contributed by atoms with van der Waals surface area (Å²) in [6.07, 6.45) is 21.7. The molecule has 1 aromatic carbocycles. The van der Waals surface area contributed by atoms with Crippen LogP contribution in [0.5, 0.6) is 0 Å². The Morgan fingerprint density at radius 2 is 1.08 bits per heavy atom. The van der Waals surface area contributed by atoms with Crippen molar-refractivity contribution in [2.24, 2.45) is 7.05 Å². The van der Waals surface area contributed by atoms with Crippen molar-refractivity contribution >= 4 is 81.5 Å². The number of morpholine rings is 2. The molecule has 0 bridgehead atoms. The maximum absolute atomic E-state index is 15.7. The second-order valence-electron chi connectivity index (χ2n) is 34.2. The number of carbonyl (C=O) groups excluding carboxylic acids is 5. The number of ether oxygens (including phenoxy) is 2. The molecule has 17 heterocycles. The largest absolute Gasteiger partial charge is 0.379 e. The summed E-state index contributed by atoms with van der Waals surface area (Å²) in [4.78, 5) is 97.6. The van der Waals surface area contributed by atoms with Gasteiger partial charge in [-0.15, -0.1) is 0 Å². The molecule has 0 radical (unpaired) electrons. The number of piperidine rings is 3. The predicted molar refractivity (Wildman–Crippen MR) is 492 cm³/mol. The van der Waals surface area contributed by atoms with Crippen molar-refractivity contribution in [1.82, 2.24) is 95.0 Å². The van der Waals surface area contributed by atoms with E-state index in [0.717, 1.165) is 108 Å². The van der Waals surface area contributed by atoms with Crippen molar-refractivity contribution in [3.8, 4) is 22.5 Å². The van der Waals surface area contributed by atoms with E-state index in [0.29, 0.717) is 134 Å². The average molecular weight is 1840 g/mol. The van der Waals surface area contributed by atoms with Gasteiger partial charge in [0.15, 0.2) is 46.5 Å². The number of benzene rings is 1. The van der Waals surface area contributed by atoms with Gasteiger partial charge in [0.1, 0.15) is 17.5 Å². The highest BCUT2D eigenvalue weighted by Gasteiger charge is 2.41. The minimum Gasteiger partial charge on any atom is -0.379 e. The number of pyridine rings is 4. The molecule has 0 spiro atoms. The molecule has 7 aromatic heterocycles. The smallest absolute Gasteiger partial charge is 0.333 e. The molecule has 7 N–H and O–H groups in total. The van der Waals surface area contributed by atoms with Gasteiger partial charge in [0.2, 0.25) is 5.91 Å². The van der Waals surface area contributed by atoms with Crippen LogP contribution in [-0.2, 0) is 54.0 Å². The SMILES string of the molecule is C=CC(=C)N1CC(Nc2nc(Nc3ccc(N4CCOCC4)c(F)c3)c3c(c2F)CNC3=O)CCC1C.C=CC(=C)N1CCCC(N(C)c2nc(-c3cnn(C(F)F)c3)c3c(c2F)CNC3=O)C1.C=CC(=C)N1CCCC(N(C)c2nc(-c3cnn(CCN4CCOCC4)c3)c3c(c2F)CNC3=O)C1.C=CC(=O)N(C)C1CCN(c2nc(Nc3cnn(C)c3)c3c(c2F)CNC3=O)C1. The third-order valence-electron chi connectivity index (χ3n) is 26.0. The maximum Gasteiger partial charge on any atom is 0.333 e. The fourth-order valence-corrected chi connectivity index (χ4v) is 18.3. The Morgan fingerprint density at radius 3 is 1.62 bits per heavy atom. The van der Waals surface area contributed by atoms with E-state index in [2.05, 4.69) is 140 Å². The molecule has 0 saturated carbocycles. The normalized spacial score (nSPS) is 19.5. The number of hydrogen-bond acceptors (Lipinski definition) is 25. The van der Waals surface area contributed by atoms with Crippen molar-refractivity contribution in [2.75, 3.05) is 162 Å². The molecule has 10 aliphatic rings. The van der Waals surface area contributed by atoms with Crippen LogP contribution >= 0.6 is 0 Å². The van der Waals surface area contributed by atoms with Crippen molar-refractivity contribution in [2.45, 2.75) is 121 Å². The van der Waals surface area contributed by atoms with E-state index >= 15 is 17.6 Å². The zero-order chi connectivity index (χ0) is 94.3. The van der Waals surface area contributed by atoms with Crippen molar-refractivity contribution in [3.63, 3.8) is 0 Å². The van der Waals surface area contributed by atoms with Crippen LogP contribution in [0, 0.1) is 29.1 Å². The lowest BCUT2D eigenvalue weighted by atomic mass is 9.98. The number of alkyl halides is 2. The van der Waals surface area contributed by atoms with E-state index in [4.69, 9.17) is 14.5 Å². The van der Waals surface area contributed by atoms with Crippen LogP contribution in [0.2, 0.25) is 0 Å². The van der Waals surface area contributed by atoms with Gasteiger partial charge in [-0.3, -0.25) is 38.2 Å². The number of carbonyl (C=O) groups is 5. The van der Waals surface area contributed by atoms with Crippen LogP contribution in [-0.4, -0.2) is 260 Å². The summed E-state index contributed by atoms with van der Waals surface area (Å²) in [6, 6.07) is 4.96. The highest BCUT2D eigenvalue weighted by Crippen LogP contribution is 2.42. The number of anilines is 9. The molecular formula is C93H111F7N26O7. The van der Waals surface area contributed by atoms with E-state index in [1.165, 1.54) is 18.3 Å². The van der Waals surface area contributed by atoms with Gasteiger partial charge in [-0.25, -0.2) is 46.6 Å². The number of likely N-dealkylation sites (tertiary alicyclic amines) is 3. The summed E-state index contributed by atoms with van der Waals surface area (Å²) >= 11 is 0. The van der Waals surface area contributed by atoms with Gasteiger partial charge in [-0.1, -0.05) is 46.1 Å². The minimum atomic E-state index is -2.83. The first kappa shape index (κ1) is 94.0. The van der Waals surface area contributed by atoms with Crippen LogP contribution in [0.3, 0.4) is 0 Å². The molecule has 10 aliphatic heterocycles. The Kier molecular flexibility index (Phi) is 29.0. The molecule has 18 rings (SSSR count). The first-order chi connectivity index (χ1) is 64.0. The minimum absolute atomic E-state index is 0.0173. The zero-order valence-corrected chi connectivity index (χ0v) is 75.2. The van der Waals surface area contributed by atoms with Gasteiger partial charge in [0.05, 0.1) is 103 Å². The molecule has 33 nitrogen and oxygen atoms in total. The van der Waals surface area contributed by atoms with Gasteiger partial charge >= 0.3 is 6.55 Å². The Bertz CT molecular complexity index is 5830. The molecule has 6 fully saturated rings. The number of nitrogens with zero attached hydrogens (tertiary/aromatic N) is 19. The molecule has 5 unspecified atom stereocenters. The Morgan fingerprint density at radius 1 is 0.541 bits per heavy atom. The molecule has 8 aromatic rings. The fraction of sp³-hybridized carbons (Fsp3) is 0.419. The third-order valence-corrected chi connectivity index (χ3v) is 26.0. The number of amides is 5. The number of fused-ring (bicyclic) bond motifs is 4. The molecule has 0 aliphatic carbocycles. The summed E-state index contributed by atoms with van der Waals surface area (Å²) < 4.78 is 118. The molecule has 133 heavy (non-hydrogen) atoms. The van der Waals surface area contributed by atoms with E-state index in [1.54, 1.807) is 84.6 Å². The predicted octanol–water partition coefficient (Wildman–Crippen LogP) is 10.9. The monoisotopic (exact) mass is 1840 g/mol. The second kappa shape index (κ2) is 41.0. The molecule has 704 valence electrons.